The zero-order chi connectivity index (χ0) is 15.0. The van der Waals surface area contributed by atoms with Crippen LogP contribution >= 0.6 is 23.4 Å². The lowest BCUT2D eigenvalue weighted by molar-refractivity contribution is 0.249. The van der Waals surface area contributed by atoms with Gasteiger partial charge in [-0.15, -0.1) is 0 Å². The molecule has 0 heterocycles. The van der Waals surface area contributed by atoms with E-state index in [1.54, 1.807) is 0 Å². The van der Waals surface area contributed by atoms with Crippen molar-refractivity contribution >= 4 is 23.4 Å². The minimum absolute atomic E-state index is 0.275. The normalized spacial score (nSPS) is 30.6. The van der Waals surface area contributed by atoms with Crippen molar-refractivity contribution in [2.45, 2.75) is 63.8 Å². The Morgan fingerprint density at radius 3 is 2.90 bits per heavy atom. The molecule has 0 spiro atoms. The van der Waals surface area contributed by atoms with Crippen LogP contribution in [-0.4, -0.2) is 17.0 Å². The van der Waals surface area contributed by atoms with Crippen molar-refractivity contribution in [3.63, 3.8) is 0 Å². The lowest BCUT2D eigenvalue weighted by atomic mass is 9.85. The summed E-state index contributed by atoms with van der Waals surface area (Å²) in [6.45, 7) is 7.04. The van der Waals surface area contributed by atoms with Gasteiger partial charge in [0, 0.05) is 22.4 Å². The Hall–Kier alpha value is -0.180. The third-order valence-corrected chi connectivity index (χ3v) is 6.62. The number of fused-ring (bicyclic) bond motifs is 1. The summed E-state index contributed by atoms with van der Waals surface area (Å²) in [6.07, 6.45) is 5.20. The molecule has 0 bridgehead atoms. The predicted molar refractivity (Wildman–Crippen MR) is 94.4 cm³/mol. The quantitative estimate of drug-likeness (QED) is 0.814. The summed E-state index contributed by atoms with van der Waals surface area (Å²) >= 11 is 8.37. The topological polar surface area (TPSA) is 12.0 Å². The summed E-state index contributed by atoms with van der Waals surface area (Å²) < 4.78 is 0. The zero-order valence-electron chi connectivity index (χ0n) is 13.3. The monoisotopic (exact) mass is 323 g/mol. The molecule has 21 heavy (non-hydrogen) atoms. The standard InChI is InChI=1S/C18H26ClNS/c1-4-21-16-7-5-6-15(16)20-17-14-10-13(19)9-8-12(14)11-18(17,2)3/h8-10,15-17,20H,4-7,11H2,1-3H3. The molecule has 3 unspecified atom stereocenters. The first-order valence-corrected chi connectivity index (χ1v) is 9.60. The summed E-state index contributed by atoms with van der Waals surface area (Å²) in [7, 11) is 0. The zero-order valence-corrected chi connectivity index (χ0v) is 14.9. The average molecular weight is 324 g/mol. The molecule has 0 radical (unpaired) electrons. The van der Waals surface area contributed by atoms with Crippen LogP contribution in [0.4, 0.5) is 0 Å². The highest BCUT2D eigenvalue weighted by Crippen LogP contribution is 2.47. The number of hydrogen-bond acceptors (Lipinski definition) is 2. The van der Waals surface area contributed by atoms with Gasteiger partial charge in [-0.05, 0) is 53.7 Å². The first-order chi connectivity index (χ1) is 10.0. The molecule has 1 aromatic carbocycles. The Labute approximate surface area is 138 Å². The van der Waals surface area contributed by atoms with Gasteiger partial charge in [-0.25, -0.2) is 0 Å². The minimum atomic E-state index is 0.275. The molecule has 1 saturated carbocycles. The van der Waals surface area contributed by atoms with Gasteiger partial charge in [0.1, 0.15) is 0 Å². The van der Waals surface area contributed by atoms with Crippen LogP contribution in [0.5, 0.6) is 0 Å². The lowest BCUT2D eigenvalue weighted by Gasteiger charge is -2.33. The second-order valence-electron chi connectivity index (χ2n) is 7.14. The first-order valence-electron chi connectivity index (χ1n) is 8.17. The van der Waals surface area contributed by atoms with Crippen molar-refractivity contribution in [3.8, 4) is 0 Å². The third kappa shape index (κ3) is 3.13. The van der Waals surface area contributed by atoms with Gasteiger partial charge < -0.3 is 5.32 Å². The van der Waals surface area contributed by atoms with Crippen molar-refractivity contribution in [1.82, 2.24) is 5.32 Å². The number of nitrogens with one attached hydrogen (secondary N) is 1. The van der Waals surface area contributed by atoms with Crippen molar-refractivity contribution in [1.29, 1.82) is 0 Å². The van der Waals surface area contributed by atoms with Crippen LogP contribution in [0.1, 0.15) is 57.2 Å². The average Bonchev–Trinajstić information content (AvgIpc) is 2.95. The smallest absolute Gasteiger partial charge is 0.0409 e. The van der Waals surface area contributed by atoms with Gasteiger partial charge >= 0.3 is 0 Å². The van der Waals surface area contributed by atoms with Crippen molar-refractivity contribution in [2.75, 3.05) is 5.75 Å². The van der Waals surface area contributed by atoms with Crippen molar-refractivity contribution < 1.29 is 0 Å². The van der Waals surface area contributed by atoms with Crippen LogP contribution in [0.3, 0.4) is 0 Å². The van der Waals surface area contributed by atoms with Crippen LogP contribution in [0, 0.1) is 5.41 Å². The van der Waals surface area contributed by atoms with E-state index in [-0.39, 0.29) is 5.41 Å². The van der Waals surface area contributed by atoms with E-state index < -0.39 is 0 Å². The van der Waals surface area contributed by atoms with E-state index in [4.69, 9.17) is 11.6 Å². The highest BCUT2D eigenvalue weighted by molar-refractivity contribution is 7.99. The first kappa shape index (κ1) is 15.7. The molecule has 1 nitrogen and oxygen atoms in total. The summed E-state index contributed by atoms with van der Waals surface area (Å²) in [4.78, 5) is 0. The molecule has 116 valence electrons. The molecule has 0 aliphatic heterocycles. The number of halogens is 1. The van der Waals surface area contributed by atoms with E-state index in [9.17, 15) is 0 Å². The minimum Gasteiger partial charge on any atom is -0.306 e. The summed E-state index contributed by atoms with van der Waals surface area (Å²) in [5.74, 6) is 1.22. The highest BCUT2D eigenvalue weighted by atomic mass is 35.5. The second-order valence-corrected chi connectivity index (χ2v) is 9.09. The fraction of sp³-hybridized carbons (Fsp3) is 0.667. The lowest BCUT2D eigenvalue weighted by Crippen LogP contribution is -2.41. The van der Waals surface area contributed by atoms with Crippen molar-refractivity contribution in [2.24, 2.45) is 5.41 Å². The maximum atomic E-state index is 6.24. The molecular formula is C18H26ClNS. The third-order valence-electron chi connectivity index (χ3n) is 5.06. The van der Waals surface area contributed by atoms with Crippen LogP contribution in [0.15, 0.2) is 18.2 Å². The predicted octanol–water partition coefficient (Wildman–Crippen LogP) is 5.23. The van der Waals surface area contributed by atoms with Crippen LogP contribution in [0.25, 0.3) is 0 Å². The second kappa shape index (κ2) is 6.14. The van der Waals surface area contributed by atoms with Crippen molar-refractivity contribution in [3.05, 3.63) is 34.3 Å². The number of benzene rings is 1. The van der Waals surface area contributed by atoms with Gasteiger partial charge in [0.05, 0.1) is 0 Å². The maximum absolute atomic E-state index is 6.24. The van der Waals surface area contributed by atoms with E-state index in [2.05, 4.69) is 50.0 Å². The molecular weight excluding hydrogens is 298 g/mol. The molecule has 2 aliphatic rings. The van der Waals surface area contributed by atoms with E-state index in [1.165, 1.54) is 36.1 Å². The van der Waals surface area contributed by atoms with Crippen LogP contribution < -0.4 is 5.32 Å². The van der Waals surface area contributed by atoms with E-state index in [0.29, 0.717) is 12.1 Å². The molecule has 3 atom stereocenters. The molecule has 2 aliphatic carbocycles. The number of thioether (sulfide) groups is 1. The van der Waals surface area contributed by atoms with E-state index in [0.717, 1.165) is 16.7 Å². The van der Waals surface area contributed by atoms with Gasteiger partial charge in [-0.2, -0.15) is 11.8 Å². The summed E-state index contributed by atoms with van der Waals surface area (Å²) in [5, 5.41) is 5.66. The fourth-order valence-corrected chi connectivity index (χ4v) is 5.46. The Kier molecular flexibility index (Phi) is 4.59. The summed E-state index contributed by atoms with van der Waals surface area (Å²) in [5.41, 5.74) is 3.18. The highest BCUT2D eigenvalue weighted by Gasteiger charge is 2.41. The Morgan fingerprint density at radius 1 is 1.33 bits per heavy atom. The van der Waals surface area contributed by atoms with Crippen LogP contribution in [-0.2, 0) is 6.42 Å². The fourth-order valence-electron chi connectivity index (χ4n) is 4.07. The van der Waals surface area contributed by atoms with Crippen LogP contribution in [0.2, 0.25) is 5.02 Å². The Balaban J connectivity index is 1.82. The van der Waals surface area contributed by atoms with Gasteiger partial charge in [-0.1, -0.05) is 44.9 Å². The van der Waals surface area contributed by atoms with Gasteiger partial charge in [-0.3, -0.25) is 0 Å². The molecule has 0 amide bonds. The molecule has 1 fully saturated rings. The van der Waals surface area contributed by atoms with Gasteiger partial charge in [0.25, 0.3) is 0 Å². The largest absolute Gasteiger partial charge is 0.306 e. The van der Waals surface area contributed by atoms with Gasteiger partial charge in [0.15, 0.2) is 0 Å². The van der Waals surface area contributed by atoms with Gasteiger partial charge in [0.2, 0.25) is 0 Å². The Morgan fingerprint density at radius 2 is 2.14 bits per heavy atom. The van der Waals surface area contributed by atoms with E-state index in [1.807, 2.05) is 6.07 Å². The molecule has 3 heteroatoms. The molecule has 0 aromatic heterocycles. The summed E-state index contributed by atoms with van der Waals surface area (Å²) in [6, 6.07) is 7.52. The van der Waals surface area contributed by atoms with E-state index >= 15 is 0 Å². The number of rotatable bonds is 4. The maximum Gasteiger partial charge on any atom is 0.0409 e. The molecule has 1 N–H and O–H groups in total. The Bertz CT molecular complexity index is 514. The SMILES string of the molecule is CCSC1CCCC1NC1c2cc(Cl)ccc2CC1(C)C. The molecule has 3 rings (SSSR count). The number of hydrogen-bond donors (Lipinski definition) is 1. The molecule has 1 aromatic rings. The molecule has 0 saturated heterocycles.